The highest BCUT2D eigenvalue weighted by molar-refractivity contribution is 7.13. The number of aryl methyl sites for hydroxylation is 1. The van der Waals surface area contributed by atoms with Gasteiger partial charge in [-0.25, -0.2) is 4.98 Å². The smallest absolute Gasteiger partial charge is 0.271 e. The maximum Gasteiger partial charge on any atom is 0.271 e. The molecule has 0 aliphatic rings. The second kappa shape index (κ2) is 7.46. The second-order valence-electron chi connectivity index (χ2n) is 5.83. The number of benzene rings is 1. The number of nitrogens with zero attached hydrogens (tertiary/aromatic N) is 4. The summed E-state index contributed by atoms with van der Waals surface area (Å²) in [6.07, 6.45) is 3.31. The van der Waals surface area contributed by atoms with E-state index in [0.717, 1.165) is 16.1 Å². The summed E-state index contributed by atoms with van der Waals surface area (Å²) in [5, 5.41) is 9.20. The van der Waals surface area contributed by atoms with Gasteiger partial charge in [0.25, 0.3) is 5.91 Å². The predicted octanol–water partition coefficient (Wildman–Crippen LogP) is 3.49. The Labute approximate surface area is 159 Å². The zero-order chi connectivity index (χ0) is 18.6. The fourth-order valence-electron chi connectivity index (χ4n) is 2.40. The molecule has 3 heterocycles. The third-order valence-electron chi connectivity index (χ3n) is 3.84. The molecule has 0 aliphatic carbocycles. The maximum atomic E-state index is 12.3. The highest BCUT2D eigenvalue weighted by atomic mass is 32.1. The quantitative estimate of drug-likeness (QED) is 0.572. The largest absolute Gasteiger partial charge is 0.342 e. The molecule has 0 fully saturated rings. The van der Waals surface area contributed by atoms with Crippen LogP contribution in [0, 0.1) is 6.92 Å². The van der Waals surface area contributed by atoms with Gasteiger partial charge in [-0.05, 0) is 19.1 Å². The number of pyridine rings is 1. The number of carbonyl (C=O) groups is 1. The number of amides is 1. The lowest BCUT2D eigenvalue weighted by atomic mass is 10.2. The van der Waals surface area contributed by atoms with Crippen LogP contribution >= 0.6 is 11.3 Å². The molecule has 4 rings (SSSR count). The summed E-state index contributed by atoms with van der Waals surface area (Å²) >= 11 is 1.43. The van der Waals surface area contributed by atoms with Crippen molar-refractivity contribution in [2.45, 2.75) is 13.5 Å². The zero-order valence-corrected chi connectivity index (χ0v) is 15.2. The number of rotatable bonds is 5. The van der Waals surface area contributed by atoms with Crippen molar-refractivity contribution in [1.29, 1.82) is 0 Å². The standard InChI is InChI=1S/C19H15N5O2S/c1-12-2-4-14(5-3-12)19-22-15(11-27-19)18(25)21-10-16-23-17(24-26-16)13-6-8-20-9-7-13/h2-9,11H,10H2,1H3,(H,21,25). The van der Waals surface area contributed by atoms with Crippen molar-refractivity contribution in [2.75, 3.05) is 0 Å². The Morgan fingerprint density at radius 3 is 2.63 bits per heavy atom. The zero-order valence-electron chi connectivity index (χ0n) is 14.4. The minimum Gasteiger partial charge on any atom is -0.342 e. The highest BCUT2D eigenvalue weighted by Crippen LogP contribution is 2.24. The Morgan fingerprint density at radius 2 is 1.85 bits per heavy atom. The summed E-state index contributed by atoms with van der Waals surface area (Å²) in [6, 6.07) is 11.6. The summed E-state index contributed by atoms with van der Waals surface area (Å²) in [7, 11) is 0. The van der Waals surface area contributed by atoms with Crippen LogP contribution in [-0.2, 0) is 6.54 Å². The molecule has 7 nitrogen and oxygen atoms in total. The molecular formula is C19H15N5O2S. The molecule has 1 amide bonds. The Morgan fingerprint density at radius 1 is 1.07 bits per heavy atom. The van der Waals surface area contributed by atoms with Gasteiger partial charge < -0.3 is 9.84 Å². The molecule has 0 bridgehead atoms. The van der Waals surface area contributed by atoms with E-state index in [1.54, 1.807) is 29.9 Å². The van der Waals surface area contributed by atoms with Crippen LogP contribution < -0.4 is 5.32 Å². The lowest BCUT2D eigenvalue weighted by molar-refractivity contribution is 0.0942. The van der Waals surface area contributed by atoms with Crippen molar-refractivity contribution in [1.82, 2.24) is 25.4 Å². The molecule has 0 saturated heterocycles. The van der Waals surface area contributed by atoms with Crippen molar-refractivity contribution in [3.05, 3.63) is 71.3 Å². The van der Waals surface area contributed by atoms with Gasteiger partial charge in [0.2, 0.25) is 11.7 Å². The van der Waals surface area contributed by atoms with E-state index in [1.165, 1.54) is 16.9 Å². The van der Waals surface area contributed by atoms with E-state index >= 15 is 0 Å². The first kappa shape index (κ1) is 17.0. The van der Waals surface area contributed by atoms with E-state index in [1.807, 2.05) is 31.2 Å². The van der Waals surface area contributed by atoms with Gasteiger partial charge in [0.15, 0.2) is 0 Å². The summed E-state index contributed by atoms with van der Waals surface area (Å²) in [6.45, 7) is 2.16. The van der Waals surface area contributed by atoms with Crippen LogP contribution in [0.15, 0.2) is 58.7 Å². The number of hydrogen-bond donors (Lipinski definition) is 1. The molecule has 3 aromatic heterocycles. The first-order valence-corrected chi connectivity index (χ1v) is 9.11. The SMILES string of the molecule is Cc1ccc(-c2nc(C(=O)NCc3nc(-c4ccncc4)no3)cs2)cc1. The van der Waals surface area contributed by atoms with E-state index in [-0.39, 0.29) is 12.5 Å². The van der Waals surface area contributed by atoms with Crippen LogP contribution in [0.2, 0.25) is 0 Å². The second-order valence-corrected chi connectivity index (χ2v) is 6.69. The minimum atomic E-state index is -0.284. The molecule has 4 aromatic rings. The predicted molar refractivity (Wildman–Crippen MR) is 101 cm³/mol. The van der Waals surface area contributed by atoms with Crippen LogP contribution in [-0.4, -0.2) is 26.0 Å². The molecule has 8 heteroatoms. The molecule has 0 unspecified atom stereocenters. The van der Waals surface area contributed by atoms with Crippen molar-refractivity contribution >= 4 is 17.2 Å². The molecule has 0 aliphatic heterocycles. The average Bonchev–Trinajstić information content (AvgIpc) is 3.37. The fourth-order valence-corrected chi connectivity index (χ4v) is 3.20. The van der Waals surface area contributed by atoms with Gasteiger partial charge in [-0.1, -0.05) is 35.0 Å². The van der Waals surface area contributed by atoms with Crippen LogP contribution in [0.3, 0.4) is 0 Å². The van der Waals surface area contributed by atoms with E-state index in [2.05, 4.69) is 25.4 Å². The fraction of sp³-hybridized carbons (Fsp3) is 0.105. The lowest BCUT2D eigenvalue weighted by Crippen LogP contribution is -2.23. The van der Waals surface area contributed by atoms with Gasteiger partial charge >= 0.3 is 0 Å². The van der Waals surface area contributed by atoms with E-state index in [0.29, 0.717) is 17.4 Å². The lowest BCUT2D eigenvalue weighted by Gasteiger charge is -1.99. The maximum absolute atomic E-state index is 12.3. The van der Waals surface area contributed by atoms with Crippen molar-refractivity contribution in [3.8, 4) is 22.0 Å². The Bertz CT molecular complexity index is 1060. The third kappa shape index (κ3) is 3.90. The molecule has 0 radical (unpaired) electrons. The van der Waals surface area contributed by atoms with Gasteiger partial charge in [-0.2, -0.15) is 4.98 Å². The number of carbonyl (C=O) groups excluding carboxylic acids is 1. The monoisotopic (exact) mass is 377 g/mol. The molecule has 1 N–H and O–H groups in total. The van der Waals surface area contributed by atoms with Crippen molar-refractivity contribution in [2.24, 2.45) is 0 Å². The number of aromatic nitrogens is 4. The molecule has 0 atom stereocenters. The Hall–Kier alpha value is -3.39. The van der Waals surface area contributed by atoms with Gasteiger partial charge in [0.1, 0.15) is 10.7 Å². The van der Waals surface area contributed by atoms with Crippen molar-refractivity contribution in [3.63, 3.8) is 0 Å². The number of thiazole rings is 1. The molecule has 0 saturated carbocycles. The Kier molecular flexibility index (Phi) is 4.71. The van der Waals surface area contributed by atoms with Crippen LogP contribution in [0.4, 0.5) is 0 Å². The first-order valence-electron chi connectivity index (χ1n) is 8.23. The third-order valence-corrected chi connectivity index (χ3v) is 4.73. The minimum absolute atomic E-state index is 0.133. The summed E-state index contributed by atoms with van der Waals surface area (Å²) in [5.41, 5.74) is 3.33. The van der Waals surface area contributed by atoms with E-state index in [9.17, 15) is 4.79 Å². The number of nitrogens with one attached hydrogen (secondary N) is 1. The van der Waals surface area contributed by atoms with Crippen LogP contribution in [0.5, 0.6) is 0 Å². The molecule has 1 aromatic carbocycles. The van der Waals surface area contributed by atoms with E-state index in [4.69, 9.17) is 4.52 Å². The van der Waals surface area contributed by atoms with E-state index < -0.39 is 0 Å². The number of hydrogen-bond acceptors (Lipinski definition) is 7. The van der Waals surface area contributed by atoms with Crippen LogP contribution in [0.25, 0.3) is 22.0 Å². The van der Waals surface area contributed by atoms with Gasteiger partial charge in [-0.15, -0.1) is 11.3 Å². The first-order chi connectivity index (χ1) is 13.2. The highest BCUT2D eigenvalue weighted by Gasteiger charge is 2.14. The summed E-state index contributed by atoms with van der Waals surface area (Å²) in [5.74, 6) is 0.495. The molecule has 134 valence electrons. The van der Waals surface area contributed by atoms with Crippen LogP contribution in [0.1, 0.15) is 21.9 Å². The topological polar surface area (TPSA) is 93.8 Å². The summed E-state index contributed by atoms with van der Waals surface area (Å²) < 4.78 is 5.18. The Balaban J connectivity index is 1.40. The summed E-state index contributed by atoms with van der Waals surface area (Å²) in [4.78, 5) is 25.0. The van der Waals surface area contributed by atoms with Crippen molar-refractivity contribution < 1.29 is 9.32 Å². The van der Waals surface area contributed by atoms with Gasteiger partial charge in [-0.3, -0.25) is 9.78 Å². The average molecular weight is 377 g/mol. The van der Waals surface area contributed by atoms with Gasteiger partial charge in [0, 0.05) is 28.9 Å². The molecular weight excluding hydrogens is 362 g/mol. The normalized spacial score (nSPS) is 10.7. The van der Waals surface area contributed by atoms with Gasteiger partial charge in [0.05, 0.1) is 6.54 Å². The molecule has 0 spiro atoms. The molecule has 27 heavy (non-hydrogen) atoms.